The van der Waals surface area contributed by atoms with E-state index in [2.05, 4.69) is 123 Å². The zero-order valence-corrected chi connectivity index (χ0v) is 40.9. The molecule has 0 aliphatic rings. The van der Waals surface area contributed by atoms with Crippen molar-refractivity contribution in [2.24, 2.45) is 0 Å². The van der Waals surface area contributed by atoms with Crippen LogP contribution in [0, 0.1) is 0 Å². The highest BCUT2D eigenvalue weighted by atomic mass is 16.7. The summed E-state index contributed by atoms with van der Waals surface area (Å²) < 4.78 is 22.7. The molecular formula is C55H90NO8+. The van der Waals surface area contributed by atoms with Gasteiger partial charge in [0, 0.05) is 12.8 Å². The smallest absolute Gasteiger partial charge is 0.361 e. The zero-order valence-electron chi connectivity index (χ0n) is 40.9. The molecule has 0 radical (unpaired) electrons. The molecule has 9 heteroatoms. The molecule has 64 heavy (non-hydrogen) atoms. The molecule has 0 saturated heterocycles. The molecule has 0 aliphatic heterocycles. The number of likely N-dealkylation sites (N-methyl/N-ethyl adjacent to an activating group) is 1. The Balaban J connectivity index is 4.37. The topological polar surface area (TPSA) is 108 Å². The fourth-order valence-corrected chi connectivity index (χ4v) is 5.97. The highest BCUT2D eigenvalue weighted by molar-refractivity contribution is 5.71. The van der Waals surface area contributed by atoms with Gasteiger partial charge in [0.2, 0.25) is 0 Å². The van der Waals surface area contributed by atoms with E-state index in [0.717, 1.165) is 122 Å². The maximum atomic E-state index is 12.8. The molecule has 0 aromatic heterocycles. The van der Waals surface area contributed by atoms with E-state index < -0.39 is 24.3 Å². The molecule has 0 amide bonds. The number of aliphatic carboxylic acids is 1. The van der Waals surface area contributed by atoms with E-state index >= 15 is 0 Å². The third kappa shape index (κ3) is 46.0. The number of allylic oxidation sites excluding steroid dienone is 18. The summed E-state index contributed by atoms with van der Waals surface area (Å²) in [6, 6.07) is 0. The Labute approximate surface area is 390 Å². The van der Waals surface area contributed by atoms with Crippen LogP contribution < -0.4 is 0 Å². The molecule has 1 N–H and O–H groups in total. The quantitative estimate of drug-likeness (QED) is 0.0212. The van der Waals surface area contributed by atoms with Gasteiger partial charge in [0.25, 0.3) is 6.29 Å². The second-order valence-corrected chi connectivity index (χ2v) is 17.0. The van der Waals surface area contributed by atoms with E-state index in [1.54, 1.807) is 0 Å². The summed E-state index contributed by atoms with van der Waals surface area (Å²) in [6.45, 7) is 4.62. The fraction of sp³-hybridized carbons (Fsp3) is 0.618. The van der Waals surface area contributed by atoms with E-state index in [-0.39, 0.29) is 38.6 Å². The maximum Gasteiger partial charge on any atom is 0.361 e. The summed E-state index contributed by atoms with van der Waals surface area (Å²) in [6.07, 6.45) is 58.8. The van der Waals surface area contributed by atoms with Crippen molar-refractivity contribution in [3.8, 4) is 0 Å². The molecule has 9 nitrogen and oxygen atoms in total. The van der Waals surface area contributed by atoms with E-state index in [1.807, 2.05) is 21.1 Å². The predicted molar refractivity (Wildman–Crippen MR) is 267 cm³/mol. The van der Waals surface area contributed by atoms with Gasteiger partial charge < -0.3 is 28.5 Å². The first kappa shape index (κ1) is 60.0. The predicted octanol–water partition coefficient (Wildman–Crippen LogP) is 13.6. The van der Waals surface area contributed by atoms with Crippen LogP contribution in [0.5, 0.6) is 0 Å². The monoisotopic (exact) mass is 893 g/mol. The van der Waals surface area contributed by atoms with Gasteiger partial charge in [0.1, 0.15) is 13.2 Å². The number of nitrogens with zero attached hydrogens (tertiary/aromatic N) is 1. The zero-order chi connectivity index (χ0) is 47.0. The number of unbranched alkanes of at least 4 members (excludes halogenated alkanes) is 10. The number of carboxylic acid groups (broad SMARTS) is 1. The third-order valence-corrected chi connectivity index (χ3v) is 9.74. The molecule has 0 aromatic rings. The number of ether oxygens (including phenoxy) is 4. The van der Waals surface area contributed by atoms with Gasteiger partial charge >= 0.3 is 17.9 Å². The minimum absolute atomic E-state index is 0.175. The number of hydrogen-bond acceptors (Lipinski definition) is 7. The van der Waals surface area contributed by atoms with Crippen molar-refractivity contribution in [2.75, 3.05) is 47.5 Å². The Bertz CT molecular complexity index is 1410. The van der Waals surface area contributed by atoms with E-state index in [1.165, 1.54) is 6.42 Å². The average Bonchev–Trinajstić information content (AvgIpc) is 3.26. The molecule has 0 aliphatic carbocycles. The van der Waals surface area contributed by atoms with Crippen LogP contribution in [0.2, 0.25) is 0 Å². The standard InChI is InChI=1S/C55H89NO8/c1-6-8-10-12-14-16-18-19-20-21-22-23-24-25-26-27-28-29-30-31-32-33-34-35-36-38-40-42-44-46-53(58)64-51(50-63-55(54(59)60)61-48-47-56(3,4)5)49-62-52(57)45-43-41-39-37-17-15-13-11-9-7-2/h8,10-11,13-14,16,19-20,22-23,25-26,28-29,31-32,34-35,51,55H,6-7,9,12,15,17-18,21,24,27,30,33,36-50H2,1-5H3/p+1/b10-8-,13-11-,16-14-,20-19-,23-22-,26-25-,29-28-,32-31-,35-34-. The average molecular weight is 893 g/mol. The fourth-order valence-electron chi connectivity index (χ4n) is 5.97. The largest absolute Gasteiger partial charge is 0.477 e. The summed E-state index contributed by atoms with van der Waals surface area (Å²) in [4.78, 5) is 37.1. The van der Waals surface area contributed by atoms with Crippen molar-refractivity contribution >= 4 is 17.9 Å². The Morgan fingerprint density at radius 2 is 0.891 bits per heavy atom. The Morgan fingerprint density at radius 1 is 0.484 bits per heavy atom. The lowest BCUT2D eigenvalue weighted by atomic mass is 10.1. The van der Waals surface area contributed by atoms with E-state index in [4.69, 9.17) is 18.9 Å². The van der Waals surface area contributed by atoms with Gasteiger partial charge in [-0.25, -0.2) is 4.79 Å². The Morgan fingerprint density at radius 3 is 1.34 bits per heavy atom. The van der Waals surface area contributed by atoms with Crippen LogP contribution in [0.1, 0.15) is 162 Å². The number of quaternary nitrogens is 1. The van der Waals surface area contributed by atoms with Gasteiger partial charge in [-0.05, 0) is 96.3 Å². The Hall–Kier alpha value is -4.05. The molecular weight excluding hydrogens is 803 g/mol. The number of esters is 2. The molecule has 362 valence electrons. The first-order valence-corrected chi connectivity index (χ1v) is 24.6. The summed E-state index contributed by atoms with van der Waals surface area (Å²) in [5.41, 5.74) is 0. The van der Waals surface area contributed by atoms with Gasteiger partial charge in [-0.1, -0.05) is 162 Å². The maximum absolute atomic E-state index is 12.8. The van der Waals surface area contributed by atoms with Crippen LogP contribution in [0.3, 0.4) is 0 Å². The molecule has 0 fully saturated rings. The van der Waals surface area contributed by atoms with Crippen LogP contribution in [0.25, 0.3) is 0 Å². The number of carbonyl (C=O) groups excluding carboxylic acids is 2. The minimum Gasteiger partial charge on any atom is -0.477 e. The molecule has 0 bridgehead atoms. The van der Waals surface area contributed by atoms with Crippen LogP contribution in [-0.2, 0) is 33.3 Å². The van der Waals surface area contributed by atoms with Gasteiger partial charge in [0.05, 0.1) is 34.4 Å². The normalized spacial score (nSPS) is 13.8. The number of carbonyl (C=O) groups is 3. The lowest BCUT2D eigenvalue weighted by Crippen LogP contribution is -2.40. The summed E-state index contributed by atoms with van der Waals surface area (Å²) in [5.74, 6) is -2.07. The lowest BCUT2D eigenvalue weighted by molar-refractivity contribution is -0.870. The van der Waals surface area contributed by atoms with Crippen molar-refractivity contribution in [1.82, 2.24) is 0 Å². The van der Waals surface area contributed by atoms with Crippen molar-refractivity contribution in [3.63, 3.8) is 0 Å². The van der Waals surface area contributed by atoms with Crippen LogP contribution in [-0.4, -0.2) is 87.4 Å². The summed E-state index contributed by atoms with van der Waals surface area (Å²) in [7, 11) is 5.93. The van der Waals surface area contributed by atoms with Gasteiger partial charge in [-0.3, -0.25) is 9.59 Å². The molecule has 0 rings (SSSR count). The van der Waals surface area contributed by atoms with Crippen molar-refractivity contribution in [1.29, 1.82) is 0 Å². The van der Waals surface area contributed by atoms with Crippen molar-refractivity contribution < 1.29 is 42.9 Å². The number of carboxylic acids is 1. The van der Waals surface area contributed by atoms with E-state index in [9.17, 15) is 19.5 Å². The van der Waals surface area contributed by atoms with Crippen LogP contribution >= 0.6 is 0 Å². The van der Waals surface area contributed by atoms with Gasteiger partial charge in [0.15, 0.2) is 6.10 Å². The Kier molecular flexibility index (Phi) is 42.6. The second kappa shape index (κ2) is 45.5. The minimum atomic E-state index is -1.52. The molecule has 2 unspecified atom stereocenters. The highest BCUT2D eigenvalue weighted by Gasteiger charge is 2.25. The number of hydrogen-bond donors (Lipinski definition) is 1. The van der Waals surface area contributed by atoms with E-state index in [0.29, 0.717) is 17.4 Å². The lowest BCUT2D eigenvalue weighted by Gasteiger charge is -2.25. The summed E-state index contributed by atoms with van der Waals surface area (Å²) >= 11 is 0. The highest BCUT2D eigenvalue weighted by Crippen LogP contribution is 2.12. The van der Waals surface area contributed by atoms with Gasteiger partial charge in [-0.15, -0.1) is 0 Å². The summed E-state index contributed by atoms with van der Waals surface area (Å²) in [5, 5.41) is 9.64. The van der Waals surface area contributed by atoms with Gasteiger partial charge in [-0.2, -0.15) is 0 Å². The molecule has 0 saturated carbocycles. The molecule has 2 atom stereocenters. The first-order chi connectivity index (χ1) is 31.1. The second-order valence-electron chi connectivity index (χ2n) is 17.0. The van der Waals surface area contributed by atoms with Crippen LogP contribution in [0.15, 0.2) is 109 Å². The third-order valence-electron chi connectivity index (χ3n) is 9.74. The number of rotatable bonds is 43. The first-order valence-electron chi connectivity index (χ1n) is 24.6. The molecule has 0 heterocycles. The van der Waals surface area contributed by atoms with Crippen molar-refractivity contribution in [3.05, 3.63) is 109 Å². The SMILES string of the molecule is CC/C=C\C/C=C\C/C=C\C/C=C\C/C=C\C/C=C\C/C=C\C/C=C\CCCCCCC(=O)OC(COC(=O)CCCCCCC/C=C\CCC)COC(OCC[N+](C)(C)C)C(=O)O. The van der Waals surface area contributed by atoms with Crippen molar-refractivity contribution in [2.45, 2.75) is 174 Å². The molecule has 0 aromatic carbocycles. The molecule has 0 spiro atoms. The van der Waals surface area contributed by atoms with Crippen LogP contribution in [0.4, 0.5) is 0 Å².